The van der Waals surface area contributed by atoms with E-state index in [0.29, 0.717) is 25.7 Å². The Balaban J connectivity index is 5.26. The van der Waals surface area contributed by atoms with Crippen molar-refractivity contribution in [1.29, 1.82) is 0 Å². The molecule has 96 heavy (non-hydrogen) atoms. The minimum Gasteiger partial charge on any atom is -0.462 e. The van der Waals surface area contributed by atoms with Gasteiger partial charge in [-0.3, -0.25) is 37.3 Å². The first kappa shape index (κ1) is 94.1. The van der Waals surface area contributed by atoms with Gasteiger partial charge in [0, 0.05) is 25.7 Å². The van der Waals surface area contributed by atoms with Crippen molar-refractivity contribution in [2.24, 2.45) is 5.92 Å². The van der Waals surface area contributed by atoms with Crippen LogP contribution in [0.2, 0.25) is 0 Å². The fourth-order valence-electron chi connectivity index (χ4n) is 11.9. The Labute approximate surface area is 588 Å². The van der Waals surface area contributed by atoms with Crippen molar-refractivity contribution in [2.45, 2.75) is 425 Å². The van der Waals surface area contributed by atoms with Gasteiger partial charge >= 0.3 is 39.5 Å². The first-order chi connectivity index (χ1) is 46.5. The maximum Gasteiger partial charge on any atom is 0.472 e. The van der Waals surface area contributed by atoms with Crippen molar-refractivity contribution in [3.05, 3.63) is 0 Å². The summed E-state index contributed by atoms with van der Waals surface area (Å²) in [5, 5.41) is 10.6. The van der Waals surface area contributed by atoms with E-state index in [1.807, 2.05) is 0 Å². The van der Waals surface area contributed by atoms with Gasteiger partial charge in [-0.2, -0.15) is 0 Å². The molecule has 0 saturated heterocycles. The highest BCUT2D eigenvalue weighted by molar-refractivity contribution is 7.47. The number of unbranched alkanes of at least 4 members (excludes halogenated alkanes) is 49. The molecular weight excluding hydrogens is 1260 g/mol. The van der Waals surface area contributed by atoms with Crippen LogP contribution in [0, 0.1) is 5.92 Å². The van der Waals surface area contributed by atoms with Gasteiger partial charge in [0.25, 0.3) is 0 Å². The van der Waals surface area contributed by atoms with E-state index in [-0.39, 0.29) is 25.7 Å². The first-order valence-corrected chi connectivity index (χ1v) is 43.1. The average molecular weight is 1410 g/mol. The number of hydrogen-bond acceptors (Lipinski definition) is 15. The maximum absolute atomic E-state index is 13.1. The van der Waals surface area contributed by atoms with E-state index in [0.717, 1.165) is 95.8 Å². The third-order valence-corrected chi connectivity index (χ3v) is 19.9. The quantitative estimate of drug-likeness (QED) is 0.0222. The van der Waals surface area contributed by atoms with Gasteiger partial charge in [-0.05, 0) is 31.6 Å². The second-order valence-electron chi connectivity index (χ2n) is 28.2. The highest BCUT2D eigenvalue weighted by atomic mass is 31.2. The number of aliphatic hydroxyl groups is 1. The number of phosphoric acid groups is 2. The fourth-order valence-corrected chi connectivity index (χ4v) is 13.5. The lowest BCUT2D eigenvalue weighted by molar-refractivity contribution is -0.161. The Morgan fingerprint density at radius 2 is 0.479 bits per heavy atom. The van der Waals surface area contributed by atoms with Gasteiger partial charge in [-0.1, -0.05) is 356 Å². The summed E-state index contributed by atoms with van der Waals surface area (Å²) in [5.41, 5.74) is 0. The lowest BCUT2D eigenvalue weighted by atomic mass is 10.0. The van der Waals surface area contributed by atoms with Crippen LogP contribution in [-0.2, 0) is 65.4 Å². The molecule has 0 aromatic heterocycles. The molecule has 2 unspecified atom stereocenters. The summed E-state index contributed by atoms with van der Waals surface area (Å²) >= 11 is 0. The van der Waals surface area contributed by atoms with Crippen LogP contribution in [0.5, 0.6) is 0 Å². The number of aliphatic hydroxyl groups excluding tert-OH is 1. The molecule has 0 radical (unpaired) electrons. The number of carbonyl (C=O) groups excluding carboxylic acids is 4. The zero-order valence-electron chi connectivity index (χ0n) is 62.5. The molecule has 0 amide bonds. The second kappa shape index (κ2) is 70.1. The van der Waals surface area contributed by atoms with Crippen molar-refractivity contribution in [1.82, 2.24) is 0 Å². The van der Waals surface area contributed by atoms with Crippen molar-refractivity contribution in [3.63, 3.8) is 0 Å². The summed E-state index contributed by atoms with van der Waals surface area (Å²) in [6.07, 6.45) is 59.5. The molecule has 570 valence electrons. The molecule has 0 bridgehead atoms. The van der Waals surface area contributed by atoms with E-state index >= 15 is 0 Å². The van der Waals surface area contributed by atoms with Crippen LogP contribution in [0.1, 0.15) is 407 Å². The Morgan fingerprint density at radius 1 is 0.281 bits per heavy atom. The summed E-state index contributed by atoms with van der Waals surface area (Å²) < 4.78 is 68.6. The molecule has 0 aliphatic carbocycles. The summed E-state index contributed by atoms with van der Waals surface area (Å²) in [5.74, 6) is -1.36. The number of esters is 4. The molecule has 0 aliphatic rings. The van der Waals surface area contributed by atoms with E-state index in [9.17, 15) is 43.2 Å². The minimum absolute atomic E-state index is 0.107. The monoisotopic (exact) mass is 1410 g/mol. The SMILES string of the molecule is CCCCCCCCCCCCCCCCCCC(=O)O[C@H](COC(=O)CCCCCCCCCCCCCCCCC)COP(=O)(O)OC[C@@H](O)COP(=O)(O)OC[C@@H](COC(=O)CCCCCCCCCCCCCC)OC(=O)CCCCCCCCCCCCC(C)C. The van der Waals surface area contributed by atoms with Crippen LogP contribution >= 0.6 is 15.6 Å². The second-order valence-corrected chi connectivity index (χ2v) is 31.1. The summed E-state index contributed by atoms with van der Waals surface area (Å²) in [7, 11) is -9.91. The Bertz CT molecular complexity index is 1840. The molecular formula is C77H150O17P2. The maximum atomic E-state index is 13.1. The van der Waals surface area contributed by atoms with Crippen LogP contribution in [-0.4, -0.2) is 96.7 Å². The molecule has 0 rings (SSSR count). The van der Waals surface area contributed by atoms with Crippen LogP contribution in [0.25, 0.3) is 0 Å². The van der Waals surface area contributed by atoms with Crippen molar-refractivity contribution >= 4 is 39.5 Å². The van der Waals surface area contributed by atoms with Crippen LogP contribution in [0.15, 0.2) is 0 Å². The molecule has 0 saturated carbocycles. The van der Waals surface area contributed by atoms with Crippen molar-refractivity contribution in [2.75, 3.05) is 39.6 Å². The number of phosphoric ester groups is 2. The molecule has 17 nitrogen and oxygen atoms in total. The number of rotatable bonds is 77. The number of carbonyl (C=O) groups is 4. The van der Waals surface area contributed by atoms with Gasteiger partial charge in [0.2, 0.25) is 0 Å². The topological polar surface area (TPSA) is 237 Å². The molecule has 3 N–H and O–H groups in total. The van der Waals surface area contributed by atoms with Gasteiger partial charge < -0.3 is 33.8 Å². The standard InChI is InChI=1S/C77H150O17P2/c1-6-9-12-15-18-21-24-27-29-31-33-36-42-47-52-57-62-76(81)93-72(66-88-75(80)61-56-51-46-41-35-32-30-28-25-22-19-16-13-10-7-2)68-91-95(83,84)89-64-71(78)65-90-96(85,86)92-69-73(67-87-74(79)60-55-50-45-40-34-26-23-20-17-14-11-8-3)94-77(82)63-58-53-48-43-38-37-39-44-49-54-59-70(4)5/h70-73,78H,6-69H2,1-5H3,(H,83,84)(H,85,86)/t71-,72-,73-/m1/s1. The molecule has 0 heterocycles. The molecule has 5 atom stereocenters. The molecule has 0 aliphatic heterocycles. The minimum atomic E-state index is -4.96. The molecule has 0 spiro atoms. The zero-order valence-corrected chi connectivity index (χ0v) is 64.3. The molecule has 0 aromatic carbocycles. The smallest absolute Gasteiger partial charge is 0.462 e. The van der Waals surface area contributed by atoms with Gasteiger partial charge in [-0.25, -0.2) is 9.13 Å². The van der Waals surface area contributed by atoms with Gasteiger partial charge in [0.1, 0.15) is 19.3 Å². The number of hydrogen-bond donors (Lipinski definition) is 3. The largest absolute Gasteiger partial charge is 0.472 e. The highest BCUT2D eigenvalue weighted by Gasteiger charge is 2.30. The summed E-state index contributed by atoms with van der Waals surface area (Å²) in [6.45, 7) is 7.30. The van der Waals surface area contributed by atoms with Gasteiger partial charge in [0.05, 0.1) is 26.4 Å². The lowest BCUT2D eigenvalue weighted by Gasteiger charge is -2.21. The van der Waals surface area contributed by atoms with E-state index in [1.54, 1.807) is 0 Å². The van der Waals surface area contributed by atoms with Gasteiger partial charge in [-0.15, -0.1) is 0 Å². The molecule has 0 fully saturated rings. The van der Waals surface area contributed by atoms with Crippen LogP contribution in [0.3, 0.4) is 0 Å². The normalized spacial score (nSPS) is 13.9. The Morgan fingerprint density at radius 3 is 0.708 bits per heavy atom. The highest BCUT2D eigenvalue weighted by Crippen LogP contribution is 2.45. The third-order valence-electron chi connectivity index (χ3n) is 18.0. The molecule has 19 heteroatoms. The summed E-state index contributed by atoms with van der Waals surface area (Å²) in [6, 6.07) is 0. The molecule has 0 aromatic rings. The average Bonchev–Trinajstić information content (AvgIpc) is 1.50. The fraction of sp³-hybridized carbons (Fsp3) is 0.948. The van der Waals surface area contributed by atoms with E-state index in [2.05, 4.69) is 34.6 Å². The van der Waals surface area contributed by atoms with E-state index in [1.165, 1.54) is 231 Å². The predicted molar refractivity (Wildman–Crippen MR) is 391 cm³/mol. The van der Waals surface area contributed by atoms with Crippen LogP contribution < -0.4 is 0 Å². The Kier molecular flexibility index (Phi) is 68.7. The van der Waals surface area contributed by atoms with Crippen molar-refractivity contribution < 1.29 is 80.2 Å². The summed E-state index contributed by atoms with van der Waals surface area (Å²) in [4.78, 5) is 72.9. The number of ether oxygens (including phenoxy) is 4. The first-order valence-electron chi connectivity index (χ1n) is 40.1. The van der Waals surface area contributed by atoms with E-state index in [4.69, 9.17) is 37.0 Å². The van der Waals surface area contributed by atoms with E-state index < -0.39 is 97.5 Å². The zero-order chi connectivity index (χ0) is 70.5. The van der Waals surface area contributed by atoms with Crippen molar-refractivity contribution in [3.8, 4) is 0 Å². The third kappa shape index (κ3) is 70.5. The Hall–Kier alpha value is -1.94. The lowest BCUT2D eigenvalue weighted by Crippen LogP contribution is -2.30. The van der Waals surface area contributed by atoms with Crippen LogP contribution in [0.4, 0.5) is 0 Å². The van der Waals surface area contributed by atoms with Gasteiger partial charge in [0.15, 0.2) is 12.2 Å². The predicted octanol–water partition coefficient (Wildman–Crippen LogP) is 22.9.